The number of benzene rings is 1. The van der Waals surface area contributed by atoms with Crippen LogP contribution in [-0.4, -0.2) is 36.6 Å². The maximum atomic E-state index is 13.6. The zero-order valence-corrected chi connectivity index (χ0v) is 19.6. The minimum Gasteiger partial charge on any atom is -0.494 e. The lowest BCUT2D eigenvalue weighted by Crippen LogP contribution is -2.59. The lowest BCUT2D eigenvalue weighted by molar-refractivity contribution is -0.144. The molecule has 2 unspecified atom stereocenters. The van der Waals surface area contributed by atoms with E-state index in [1.165, 1.54) is 24.8 Å². The Hall–Kier alpha value is -1.07. The fourth-order valence-corrected chi connectivity index (χ4v) is 8.71. The number of halogens is 1. The van der Waals surface area contributed by atoms with Crippen LogP contribution in [0.25, 0.3) is 0 Å². The van der Waals surface area contributed by atoms with Gasteiger partial charge < -0.3 is 14.8 Å². The van der Waals surface area contributed by atoms with E-state index in [9.17, 15) is 4.79 Å². The second kappa shape index (κ2) is 7.81. The van der Waals surface area contributed by atoms with Gasteiger partial charge in [0.2, 0.25) is 5.91 Å². The van der Waals surface area contributed by atoms with Crippen molar-refractivity contribution in [2.75, 3.05) is 26.4 Å². The Labute approximate surface area is 188 Å². The molecule has 4 bridgehead atoms. The molecule has 30 heavy (non-hydrogen) atoms. The Morgan fingerprint density at radius 1 is 1.13 bits per heavy atom. The summed E-state index contributed by atoms with van der Waals surface area (Å²) < 4.78 is 11.5. The number of ether oxygens (including phenoxy) is 2. The molecule has 1 aromatic rings. The first-order valence-electron chi connectivity index (χ1n) is 11.7. The molecule has 5 heteroatoms. The van der Waals surface area contributed by atoms with Crippen molar-refractivity contribution in [3.63, 3.8) is 0 Å². The lowest BCUT2D eigenvalue weighted by atomic mass is 9.49. The van der Waals surface area contributed by atoms with Gasteiger partial charge in [0.15, 0.2) is 0 Å². The Balaban J connectivity index is 1.33. The fourth-order valence-electron chi connectivity index (χ4n) is 7.25. The smallest absolute Gasteiger partial charge is 0.226 e. The minimum atomic E-state index is -0.154. The van der Waals surface area contributed by atoms with E-state index in [0.717, 1.165) is 62.9 Å². The van der Waals surface area contributed by atoms with Gasteiger partial charge in [-0.2, -0.15) is 0 Å². The highest BCUT2D eigenvalue weighted by Crippen LogP contribution is 2.64. The average molecular weight is 476 g/mol. The first-order valence-corrected chi connectivity index (χ1v) is 12.5. The monoisotopic (exact) mass is 475 g/mol. The zero-order valence-electron chi connectivity index (χ0n) is 18.1. The van der Waals surface area contributed by atoms with E-state index in [4.69, 9.17) is 9.47 Å². The molecule has 4 nitrogen and oxygen atoms in total. The molecule has 164 valence electrons. The van der Waals surface area contributed by atoms with Crippen LogP contribution in [0.5, 0.6) is 5.75 Å². The van der Waals surface area contributed by atoms with E-state index in [-0.39, 0.29) is 15.2 Å². The molecule has 1 N–H and O–H groups in total. The van der Waals surface area contributed by atoms with E-state index in [0.29, 0.717) is 19.1 Å². The topological polar surface area (TPSA) is 47.6 Å². The minimum absolute atomic E-state index is 0.0486. The number of rotatable bonds is 6. The quantitative estimate of drug-likeness (QED) is 0.589. The van der Waals surface area contributed by atoms with E-state index >= 15 is 0 Å². The van der Waals surface area contributed by atoms with Crippen LogP contribution >= 0.6 is 15.9 Å². The van der Waals surface area contributed by atoms with Gasteiger partial charge in [0, 0.05) is 29.5 Å². The van der Waals surface area contributed by atoms with Gasteiger partial charge in [-0.25, -0.2) is 0 Å². The van der Waals surface area contributed by atoms with Gasteiger partial charge in [0.1, 0.15) is 5.75 Å². The SMILES string of the molecule is CCOc1ccc(C2(CNC(=O)C34CC5CC(CC(Br)(C5)C3)C4)CCOCC2)cc1. The molecule has 4 saturated carbocycles. The van der Waals surface area contributed by atoms with Gasteiger partial charge in [0.25, 0.3) is 0 Å². The van der Waals surface area contributed by atoms with Crippen LogP contribution in [0.1, 0.15) is 63.9 Å². The molecule has 1 amide bonds. The Morgan fingerprint density at radius 2 is 1.80 bits per heavy atom. The molecule has 1 saturated heterocycles. The second-order valence-electron chi connectivity index (χ2n) is 10.4. The third kappa shape index (κ3) is 3.70. The summed E-state index contributed by atoms with van der Waals surface area (Å²) in [5.41, 5.74) is 1.09. The molecule has 1 heterocycles. The molecular formula is C25H34BrNO3. The largest absolute Gasteiger partial charge is 0.494 e. The number of hydrogen-bond donors (Lipinski definition) is 1. The van der Waals surface area contributed by atoms with Crippen LogP contribution in [0.2, 0.25) is 0 Å². The molecule has 5 fully saturated rings. The van der Waals surface area contributed by atoms with Gasteiger partial charge in [-0.05, 0) is 87.8 Å². The van der Waals surface area contributed by atoms with Gasteiger partial charge in [0.05, 0.1) is 12.0 Å². The number of nitrogens with one attached hydrogen (secondary N) is 1. The van der Waals surface area contributed by atoms with E-state index in [1.807, 2.05) is 6.92 Å². The first kappa shape index (κ1) is 20.8. The Morgan fingerprint density at radius 3 is 2.40 bits per heavy atom. The summed E-state index contributed by atoms with van der Waals surface area (Å²) in [5.74, 6) is 2.65. The van der Waals surface area contributed by atoms with Crippen LogP contribution in [0.15, 0.2) is 24.3 Å². The highest BCUT2D eigenvalue weighted by Gasteiger charge is 2.59. The number of amides is 1. The summed E-state index contributed by atoms with van der Waals surface area (Å²) >= 11 is 4.05. The molecule has 4 aliphatic carbocycles. The van der Waals surface area contributed by atoms with Crippen LogP contribution in [0.4, 0.5) is 0 Å². The summed E-state index contributed by atoms with van der Waals surface area (Å²) in [7, 11) is 0. The van der Waals surface area contributed by atoms with Crippen LogP contribution in [0.3, 0.4) is 0 Å². The standard InChI is InChI=1S/C25H34BrNO3/c1-2-30-21-5-3-20(4-6-21)23(7-9-29-10-8-23)17-27-22(28)24-12-18-11-19(13-24)15-25(26,14-18)16-24/h3-6,18-19H,2,7-17H2,1H3,(H,27,28). The first-order chi connectivity index (χ1) is 14.4. The van der Waals surface area contributed by atoms with Gasteiger partial charge in [-0.3, -0.25) is 4.79 Å². The van der Waals surface area contributed by atoms with Crippen molar-refractivity contribution in [3.05, 3.63) is 29.8 Å². The molecule has 1 aliphatic heterocycles. The van der Waals surface area contributed by atoms with Crippen molar-refractivity contribution in [1.29, 1.82) is 0 Å². The number of carbonyl (C=O) groups excluding carboxylic acids is 1. The van der Waals surface area contributed by atoms with Crippen LogP contribution in [-0.2, 0) is 14.9 Å². The van der Waals surface area contributed by atoms with E-state index in [1.54, 1.807) is 0 Å². The van der Waals surface area contributed by atoms with Crippen molar-refractivity contribution in [2.45, 2.75) is 68.0 Å². The summed E-state index contributed by atoms with van der Waals surface area (Å²) in [6, 6.07) is 8.48. The molecule has 1 aromatic carbocycles. The molecule has 2 atom stereocenters. The molecule has 0 radical (unpaired) electrons. The van der Waals surface area contributed by atoms with Gasteiger partial charge in [-0.15, -0.1) is 0 Å². The van der Waals surface area contributed by atoms with E-state index in [2.05, 4.69) is 45.5 Å². The van der Waals surface area contributed by atoms with Crippen molar-refractivity contribution < 1.29 is 14.3 Å². The Kier molecular flexibility index (Phi) is 5.42. The fraction of sp³-hybridized carbons (Fsp3) is 0.720. The predicted octanol–water partition coefficient (Wildman–Crippen LogP) is 4.98. The third-order valence-electron chi connectivity index (χ3n) is 8.29. The molecular weight excluding hydrogens is 442 g/mol. The third-order valence-corrected chi connectivity index (χ3v) is 9.21. The van der Waals surface area contributed by atoms with Crippen molar-refractivity contribution >= 4 is 21.8 Å². The summed E-state index contributed by atoms with van der Waals surface area (Å²) in [5, 5.41) is 3.46. The normalized spacial score (nSPS) is 36.5. The van der Waals surface area contributed by atoms with Gasteiger partial charge in [-0.1, -0.05) is 28.1 Å². The second-order valence-corrected chi connectivity index (χ2v) is 12.1. The van der Waals surface area contributed by atoms with Crippen LogP contribution < -0.4 is 10.1 Å². The number of hydrogen-bond acceptors (Lipinski definition) is 3. The predicted molar refractivity (Wildman–Crippen MR) is 121 cm³/mol. The average Bonchev–Trinajstić information content (AvgIpc) is 2.72. The lowest BCUT2D eigenvalue weighted by Gasteiger charge is -2.59. The highest BCUT2D eigenvalue weighted by atomic mass is 79.9. The summed E-state index contributed by atoms with van der Waals surface area (Å²) in [6.07, 6.45) is 8.92. The number of carbonyl (C=O) groups is 1. The van der Waals surface area contributed by atoms with Crippen molar-refractivity contribution in [1.82, 2.24) is 5.32 Å². The molecule has 0 spiro atoms. The van der Waals surface area contributed by atoms with Crippen LogP contribution in [0, 0.1) is 17.3 Å². The molecule has 5 aliphatic rings. The zero-order chi connectivity index (χ0) is 20.8. The maximum Gasteiger partial charge on any atom is 0.226 e. The number of alkyl halides is 1. The van der Waals surface area contributed by atoms with Crippen molar-refractivity contribution in [3.8, 4) is 5.75 Å². The highest BCUT2D eigenvalue weighted by molar-refractivity contribution is 9.10. The molecule has 6 rings (SSSR count). The Bertz CT molecular complexity index is 772. The van der Waals surface area contributed by atoms with Gasteiger partial charge >= 0.3 is 0 Å². The maximum absolute atomic E-state index is 13.6. The summed E-state index contributed by atoms with van der Waals surface area (Å²) in [6.45, 7) is 4.89. The summed E-state index contributed by atoms with van der Waals surface area (Å²) in [4.78, 5) is 13.6. The molecule has 0 aromatic heterocycles. The van der Waals surface area contributed by atoms with Crippen molar-refractivity contribution in [2.24, 2.45) is 17.3 Å². The van der Waals surface area contributed by atoms with E-state index < -0.39 is 0 Å².